The summed E-state index contributed by atoms with van der Waals surface area (Å²) in [6, 6.07) is 20.2. The summed E-state index contributed by atoms with van der Waals surface area (Å²) in [5.41, 5.74) is 2.13. The highest BCUT2D eigenvalue weighted by atomic mass is 32.2. The van der Waals surface area contributed by atoms with Crippen molar-refractivity contribution in [2.75, 3.05) is 18.4 Å². The molecule has 32 heavy (non-hydrogen) atoms. The van der Waals surface area contributed by atoms with Crippen molar-refractivity contribution in [3.63, 3.8) is 0 Å². The van der Waals surface area contributed by atoms with Gasteiger partial charge in [-0.2, -0.15) is 4.31 Å². The standard InChI is InChI=1S/C24H23N3O3S2/c1-3-27(4-2)32(29,30)21-13-11-18(12-14-21)23(28)26-24-25-22(16-31-24)20-10-9-17-7-5-6-8-19(17)15-20/h5-16H,3-4H2,1-2H3,(H,25,26,28). The maximum absolute atomic E-state index is 12.6. The second-order valence-corrected chi connectivity index (χ2v) is 9.96. The fourth-order valence-corrected chi connectivity index (χ4v) is 5.65. The summed E-state index contributed by atoms with van der Waals surface area (Å²) in [4.78, 5) is 17.3. The number of thiazole rings is 1. The minimum atomic E-state index is -3.55. The van der Waals surface area contributed by atoms with Crippen LogP contribution in [-0.4, -0.2) is 36.7 Å². The third-order valence-corrected chi connectivity index (χ3v) is 8.05. The summed E-state index contributed by atoms with van der Waals surface area (Å²) in [5.74, 6) is -0.337. The van der Waals surface area contributed by atoms with Gasteiger partial charge in [0, 0.05) is 29.6 Å². The number of rotatable bonds is 7. The Hall–Kier alpha value is -3.07. The number of carbonyl (C=O) groups excluding carboxylic acids is 1. The maximum Gasteiger partial charge on any atom is 0.257 e. The molecule has 0 fully saturated rings. The number of benzene rings is 3. The number of amides is 1. The topological polar surface area (TPSA) is 79.4 Å². The smallest absolute Gasteiger partial charge is 0.257 e. The molecule has 1 aromatic heterocycles. The first-order valence-electron chi connectivity index (χ1n) is 10.3. The molecule has 1 N–H and O–H groups in total. The zero-order chi connectivity index (χ0) is 22.7. The second kappa shape index (κ2) is 9.20. The summed E-state index contributed by atoms with van der Waals surface area (Å²) in [5, 5.41) is 7.47. The molecule has 3 aromatic carbocycles. The Labute approximate surface area is 191 Å². The number of nitrogens with zero attached hydrogens (tertiary/aromatic N) is 2. The van der Waals surface area contributed by atoms with Gasteiger partial charge in [0.2, 0.25) is 10.0 Å². The van der Waals surface area contributed by atoms with Gasteiger partial charge in [0.15, 0.2) is 5.13 Å². The van der Waals surface area contributed by atoms with E-state index in [-0.39, 0.29) is 10.8 Å². The number of nitrogens with one attached hydrogen (secondary N) is 1. The minimum absolute atomic E-state index is 0.172. The predicted octanol–water partition coefficient (Wildman–Crippen LogP) is 5.25. The van der Waals surface area contributed by atoms with Gasteiger partial charge in [-0.25, -0.2) is 13.4 Å². The van der Waals surface area contributed by atoms with E-state index in [2.05, 4.69) is 34.6 Å². The molecule has 0 bridgehead atoms. The molecule has 0 spiro atoms. The van der Waals surface area contributed by atoms with Crippen molar-refractivity contribution in [3.8, 4) is 11.3 Å². The average Bonchev–Trinajstić information content (AvgIpc) is 3.28. The van der Waals surface area contributed by atoms with Gasteiger partial charge in [0.1, 0.15) is 0 Å². The van der Waals surface area contributed by atoms with E-state index in [1.165, 1.54) is 39.9 Å². The molecule has 1 heterocycles. The molecule has 1 amide bonds. The van der Waals surface area contributed by atoms with Gasteiger partial charge in [-0.15, -0.1) is 11.3 Å². The van der Waals surface area contributed by atoms with Crippen molar-refractivity contribution in [1.29, 1.82) is 0 Å². The Kier molecular flexibility index (Phi) is 6.36. The van der Waals surface area contributed by atoms with E-state index < -0.39 is 10.0 Å². The fraction of sp³-hybridized carbons (Fsp3) is 0.167. The Morgan fingerprint density at radius 3 is 2.34 bits per heavy atom. The van der Waals surface area contributed by atoms with E-state index in [0.717, 1.165) is 22.0 Å². The zero-order valence-corrected chi connectivity index (χ0v) is 19.4. The molecule has 8 heteroatoms. The number of aromatic nitrogens is 1. The van der Waals surface area contributed by atoms with E-state index in [0.29, 0.717) is 23.8 Å². The van der Waals surface area contributed by atoms with Crippen molar-refractivity contribution in [3.05, 3.63) is 77.7 Å². The van der Waals surface area contributed by atoms with Gasteiger partial charge >= 0.3 is 0 Å². The minimum Gasteiger partial charge on any atom is -0.298 e. The van der Waals surface area contributed by atoms with Crippen molar-refractivity contribution >= 4 is 43.2 Å². The van der Waals surface area contributed by atoms with Crippen LogP contribution in [-0.2, 0) is 10.0 Å². The lowest BCUT2D eigenvalue weighted by Gasteiger charge is -2.18. The monoisotopic (exact) mass is 465 g/mol. The molecule has 164 valence electrons. The lowest BCUT2D eigenvalue weighted by molar-refractivity contribution is 0.102. The number of hydrogen-bond acceptors (Lipinski definition) is 5. The van der Waals surface area contributed by atoms with Gasteiger partial charge in [-0.05, 0) is 41.1 Å². The van der Waals surface area contributed by atoms with Crippen LogP contribution in [0, 0.1) is 0 Å². The summed E-state index contributed by atoms with van der Waals surface area (Å²) < 4.78 is 26.6. The molecule has 4 aromatic rings. The Morgan fingerprint density at radius 1 is 0.969 bits per heavy atom. The van der Waals surface area contributed by atoms with Crippen LogP contribution in [0.25, 0.3) is 22.0 Å². The lowest BCUT2D eigenvalue weighted by atomic mass is 10.1. The fourth-order valence-electron chi connectivity index (χ4n) is 3.47. The Balaban J connectivity index is 1.49. The third-order valence-electron chi connectivity index (χ3n) is 5.23. The molecule has 0 atom stereocenters. The first-order chi connectivity index (χ1) is 15.4. The Morgan fingerprint density at radius 2 is 1.66 bits per heavy atom. The number of carbonyl (C=O) groups is 1. The van der Waals surface area contributed by atoms with E-state index in [4.69, 9.17) is 0 Å². The van der Waals surface area contributed by atoms with Gasteiger partial charge in [0.05, 0.1) is 10.6 Å². The first-order valence-corrected chi connectivity index (χ1v) is 12.6. The number of fused-ring (bicyclic) bond motifs is 1. The van der Waals surface area contributed by atoms with Crippen molar-refractivity contribution in [1.82, 2.24) is 9.29 Å². The molecule has 0 unspecified atom stereocenters. The van der Waals surface area contributed by atoms with Gasteiger partial charge in [-0.1, -0.05) is 50.2 Å². The van der Waals surface area contributed by atoms with Crippen LogP contribution in [0.15, 0.2) is 77.0 Å². The van der Waals surface area contributed by atoms with E-state index in [9.17, 15) is 13.2 Å². The largest absolute Gasteiger partial charge is 0.298 e. The third kappa shape index (κ3) is 4.43. The van der Waals surface area contributed by atoms with Gasteiger partial charge in [0.25, 0.3) is 5.91 Å². The maximum atomic E-state index is 12.6. The average molecular weight is 466 g/mol. The predicted molar refractivity (Wildman–Crippen MR) is 130 cm³/mol. The van der Waals surface area contributed by atoms with Crippen LogP contribution in [0.5, 0.6) is 0 Å². The molecule has 0 saturated heterocycles. The number of anilines is 1. The van der Waals surface area contributed by atoms with E-state index >= 15 is 0 Å². The van der Waals surface area contributed by atoms with E-state index in [1.54, 1.807) is 13.8 Å². The van der Waals surface area contributed by atoms with Crippen LogP contribution in [0.4, 0.5) is 5.13 Å². The van der Waals surface area contributed by atoms with Gasteiger partial charge < -0.3 is 0 Å². The van der Waals surface area contributed by atoms with Crippen LogP contribution in [0.1, 0.15) is 24.2 Å². The first kappa shape index (κ1) is 22.1. The Bertz CT molecular complexity index is 1360. The summed E-state index contributed by atoms with van der Waals surface area (Å²) >= 11 is 1.34. The quantitative estimate of drug-likeness (QED) is 0.404. The van der Waals surface area contributed by atoms with Crippen LogP contribution >= 0.6 is 11.3 Å². The highest BCUT2D eigenvalue weighted by molar-refractivity contribution is 7.89. The molecule has 4 rings (SSSR count). The molecule has 0 aliphatic carbocycles. The second-order valence-electron chi connectivity index (χ2n) is 7.17. The molecule has 0 aliphatic heterocycles. The molecular formula is C24H23N3O3S2. The van der Waals surface area contributed by atoms with Crippen molar-refractivity contribution in [2.24, 2.45) is 0 Å². The molecular weight excluding hydrogens is 442 g/mol. The van der Waals surface area contributed by atoms with Gasteiger partial charge in [-0.3, -0.25) is 10.1 Å². The van der Waals surface area contributed by atoms with Crippen LogP contribution < -0.4 is 5.32 Å². The number of hydrogen-bond donors (Lipinski definition) is 1. The molecule has 0 saturated carbocycles. The van der Waals surface area contributed by atoms with Crippen molar-refractivity contribution in [2.45, 2.75) is 18.7 Å². The van der Waals surface area contributed by atoms with E-state index in [1.807, 2.05) is 23.6 Å². The highest BCUT2D eigenvalue weighted by Crippen LogP contribution is 2.28. The molecule has 6 nitrogen and oxygen atoms in total. The zero-order valence-electron chi connectivity index (χ0n) is 17.8. The van der Waals surface area contributed by atoms with Crippen LogP contribution in [0.3, 0.4) is 0 Å². The lowest BCUT2D eigenvalue weighted by Crippen LogP contribution is -2.30. The molecule has 0 radical (unpaired) electrons. The number of sulfonamides is 1. The normalized spacial score (nSPS) is 11.7. The molecule has 0 aliphatic rings. The van der Waals surface area contributed by atoms with Crippen molar-refractivity contribution < 1.29 is 13.2 Å². The summed E-state index contributed by atoms with van der Waals surface area (Å²) in [6.45, 7) is 4.38. The summed E-state index contributed by atoms with van der Waals surface area (Å²) in [7, 11) is -3.55. The summed E-state index contributed by atoms with van der Waals surface area (Å²) in [6.07, 6.45) is 0. The highest BCUT2D eigenvalue weighted by Gasteiger charge is 2.21. The SMILES string of the molecule is CCN(CC)S(=O)(=O)c1ccc(C(=O)Nc2nc(-c3ccc4ccccc4c3)cs2)cc1. The van der Waals surface area contributed by atoms with Crippen LogP contribution in [0.2, 0.25) is 0 Å².